The van der Waals surface area contributed by atoms with Crippen molar-refractivity contribution in [2.24, 2.45) is 0 Å². The first-order chi connectivity index (χ1) is 17.4. The third-order valence-corrected chi connectivity index (χ3v) is 6.42. The molecule has 2 aromatic carbocycles. The van der Waals surface area contributed by atoms with Crippen molar-refractivity contribution in [3.05, 3.63) is 111 Å². The SMILES string of the molecule is Cc1cccc(CCN(Cc2cc3cc(C)cc(C)c3[nH]c2=O)Cc2nnnn2Cc2ccco2)c1. The molecule has 0 aliphatic carbocycles. The van der Waals surface area contributed by atoms with Crippen molar-refractivity contribution in [3.63, 3.8) is 0 Å². The number of furan rings is 1. The number of aryl methyl sites for hydroxylation is 3. The van der Waals surface area contributed by atoms with Gasteiger partial charge in [-0.1, -0.05) is 41.5 Å². The molecule has 0 unspecified atom stereocenters. The van der Waals surface area contributed by atoms with Crippen LogP contribution in [0.1, 0.15) is 39.4 Å². The van der Waals surface area contributed by atoms with Crippen LogP contribution >= 0.6 is 0 Å². The maximum atomic E-state index is 13.1. The zero-order valence-corrected chi connectivity index (χ0v) is 20.9. The Morgan fingerprint density at radius 1 is 1.00 bits per heavy atom. The number of aromatic nitrogens is 5. The summed E-state index contributed by atoms with van der Waals surface area (Å²) >= 11 is 0. The minimum atomic E-state index is -0.0646. The summed E-state index contributed by atoms with van der Waals surface area (Å²) in [5.41, 5.74) is 6.29. The Morgan fingerprint density at radius 2 is 1.89 bits per heavy atom. The highest BCUT2D eigenvalue weighted by molar-refractivity contribution is 5.82. The number of nitrogens with zero attached hydrogens (tertiary/aromatic N) is 5. The summed E-state index contributed by atoms with van der Waals surface area (Å²) in [6.45, 7) is 8.39. The van der Waals surface area contributed by atoms with Crippen LogP contribution in [0.4, 0.5) is 0 Å². The number of fused-ring (bicyclic) bond motifs is 1. The van der Waals surface area contributed by atoms with Crippen molar-refractivity contribution in [1.29, 1.82) is 0 Å². The Hall–Kier alpha value is -4.04. The molecule has 8 heteroatoms. The van der Waals surface area contributed by atoms with Gasteiger partial charge in [0.1, 0.15) is 12.3 Å². The summed E-state index contributed by atoms with van der Waals surface area (Å²) in [7, 11) is 0. The van der Waals surface area contributed by atoms with E-state index in [0.29, 0.717) is 19.6 Å². The first-order valence-corrected chi connectivity index (χ1v) is 12.1. The van der Waals surface area contributed by atoms with Gasteiger partial charge in [0, 0.05) is 18.7 Å². The van der Waals surface area contributed by atoms with E-state index in [0.717, 1.165) is 46.6 Å². The lowest BCUT2D eigenvalue weighted by Gasteiger charge is -2.22. The van der Waals surface area contributed by atoms with Gasteiger partial charge in [-0.25, -0.2) is 4.68 Å². The van der Waals surface area contributed by atoms with Crippen molar-refractivity contribution in [3.8, 4) is 0 Å². The van der Waals surface area contributed by atoms with Crippen LogP contribution in [-0.2, 0) is 26.1 Å². The van der Waals surface area contributed by atoms with Crippen LogP contribution in [0.3, 0.4) is 0 Å². The van der Waals surface area contributed by atoms with Gasteiger partial charge in [0.05, 0.1) is 18.3 Å². The van der Waals surface area contributed by atoms with E-state index in [-0.39, 0.29) is 5.56 Å². The van der Waals surface area contributed by atoms with Crippen molar-refractivity contribution >= 4 is 10.9 Å². The predicted octanol–water partition coefficient (Wildman–Crippen LogP) is 4.33. The molecule has 184 valence electrons. The molecular weight excluding hydrogens is 452 g/mol. The summed E-state index contributed by atoms with van der Waals surface area (Å²) in [6, 6.07) is 18.5. The molecule has 0 saturated carbocycles. The number of hydrogen-bond acceptors (Lipinski definition) is 6. The Morgan fingerprint density at radius 3 is 2.69 bits per heavy atom. The molecule has 1 N–H and O–H groups in total. The molecule has 0 aliphatic heterocycles. The normalized spacial score (nSPS) is 11.6. The predicted molar refractivity (Wildman–Crippen MR) is 139 cm³/mol. The average Bonchev–Trinajstić information content (AvgIpc) is 3.51. The molecule has 0 bridgehead atoms. The number of hydrogen-bond donors (Lipinski definition) is 1. The minimum absolute atomic E-state index is 0.0646. The van der Waals surface area contributed by atoms with Crippen LogP contribution in [0, 0.1) is 20.8 Å². The van der Waals surface area contributed by atoms with Crippen molar-refractivity contribution in [2.75, 3.05) is 6.54 Å². The van der Waals surface area contributed by atoms with Crippen LogP contribution < -0.4 is 5.56 Å². The Balaban J connectivity index is 1.43. The second kappa shape index (κ2) is 10.3. The molecule has 3 heterocycles. The second-order valence-corrected chi connectivity index (χ2v) is 9.45. The van der Waals surface area contributed by atoms with Crippen LogP contribution in [0.5, 0.6) is 0 Å². The molecule has 3 aromatic heterocycles. The van der Waals surface area contributed by atoms with E-state index in [1.165, 1.54) is 16.7 Å². The van der Waals surface area contributed by atoms with Crippen LogP contribution in [0.2, 0.25) is 0 Å². The number of pyridine rings is 1. The highest BCUT2D eigenvalue weighted by Gasteiger charge is 2.16. The monoisotopic (exact) mass is 482 g/mol. The highest BCUT2D eigenvalue weighted by Crippen LogP contribution is 2.19. The Bertz CT molecular complexity index is 1530. The zero-order chi connectivity index (χ0) is 25.1. The van der Waals surface area contributed by atoms with Gasteiger partial charge < -0.3 is 9.40 Å². The van der Waals surface area contributed by atoms with Crippen molar-refractivity contribution < 1.29 is 4.42 Å². The van der Waals surface area contributed by atoms with Gasteiger partial charge in [0.25, 0.3) is 5.56 Å². The van der Waals surface area contributed by atoms with E-state index in [1.54, 1.807) is 10.9 Å². The third kappa shape index (κ3) is 5.44. The number of aromatic amines is 1. The number of benzene rings is 2. The maximum Gasteiger partial charge on any atom is 0.252 e. The van der Waals surface area contributed by atoms with Crippen LogP contribution in [0.25, 0.3) is 10.9 Å². The number of H-pyrrole nitrogens is 1. The summed E-state index contributed by atoms with van der Waals surface area (Å²) in [4.78, 5) is 18.4. The standard InChI is InChI=1S/C28H30N6O2/c1-19-6-4-7-22(13-19)9-10-33(18-26-30-31-32-34(26)17-25-8-5-11-36-25)16-24-15-23-14-20(2)12-21(3)27(23)29-28(24)35/h4-8,11-15H,9-10,16-18H2,1-3H3,(H,29,35). The summed E-state index contributed by atoms with van der Waals surface area (Å²) < 4.78 is 7.23. The molecule has 0 saturated heterocycles. The molecule has 5 aromatic rings. The minimum Gasteiger partial charge on any atom is -0.467 e. The van der Waals surface area contributed by atoms with E-state index in [2.05, 4.69) is 75.7 Å². The first kappa shape index (κ1) is 23.7. The molecule has 0 amide bonds. The molecule has 0 radical (unpaired) electrons. The van der Waals surface area contributed by atoms with Gasteiger partial charge in [-0.15, -0.1) is 5.10 Å². The van der Waals surface area contributed by atoms with Crippen molar-refractivity contribution in [2.45, 2.75) is 46.8 Å². The second-order valence-electron chi connectivity index (χ2n) is 9.45. The van der Waals surface area contributed by atoms with Gasteiger partial charge in [-0.05, 0) is 78.4 Å². The zero-order valence-electron chi connectivity index (χ0n) is 20.9. The molecule has 0 spiro atoms. The highest BCUT2D eigenvalue weighted by atomic mass is 16.3. The molecule has 8 nitrogen and oxygen atoms in total. The molecule has 0 fully saturated rings. The van der Waals surface area contributed by atoms with E-state index in [9.17, 15) is 4.79 Å². The Labute approximate surface area is 209 Å². The molecule has 0 atom stereocenters. The average molecular weight is 483 g/mol. The van der Waals surface area contributed by atoms with Crippen LogP contribution in [-0.4, -0.2) is 36.6 Å². The molecular formula is C28H30N6O2. The van der Waals surface area contributed by atoms with E-state index in [4.69, 9.17) is 4.42 Å². The van der Waals surface area contributed by atoms with Gasteiger partial charge >= 0.3 is 0 Å². The number of tetrazole rings is 1. The topological polar surface area (TPSA) is 92.8 Å². The van der Waals surface area contributed by atoms with Gasteiger partial charge in [0.15, 0.2) is 5.82 Å². The lowest BCUT2D eigenvalue weighted by Crippen LogP contribution is -2.30. The first-order valence-electron chi connectivity index (χ1n) is 12.1. The third-order valence-electron chi connectivity index (χ3n) is 6.42. The van der Waals surface area contributed by atoms with E-state index < -0.39 is 0 Å². The van der Waals surface area contributed by atoms with Gasteiger partial charge in [-0.2, -0.15) is 0 Å². The van der Waals surface area contributed by atoms with Gasteiger partial charge in [0.2, 0.25) is 0 Å². The smallest absolute Gasteiger partial charge is 0.252 e. The van der Waals surface area contributed by atoms with E-state index >= 15 is 0 Å². The maximum absolute atomic E-state index is 13.1. The lowest BCUT2D eigenvalue weighted by molar-refractivity contribution is 0.247. The summed E-state index contributed by atoms with van der Waals surface area (Å²) in [5, 5.41) is 13.4. The largest absolute Gasteiger partial charge is 0.467 e. The fourth-order valence-corrected chi connectivity index (χ4v) is 4.67. The quantitative estimate of drug-likeness (QED) is 0.336. The fraction of sp³-hybridized carbons (Fsp3) is 0.286. The number of nitrogens with one attached hydrogen (secondary N) is 1. The van der Waals surface area contributed by atoms with E-state index in [1.807, 2.05) is 25.1 Å². The number of rotatable bonds is 9. The summed E-state index contributed by atoms with van der Waals surface area (Å²) in [5.74, 6) is 1.51. The lowest BCUT2D eigenvalue weighted by atomic mass is 10.0. The molecule has 36 heavy (non-hydrogen) atoms. The molecule has 5 rings (SSSR count). The Kier molecular flexibility index (Phi) is 6.77. The summed E-state index contributed by atoms with van der Waals surface area (Å²) in [6.07, 6.45) is 2.49. The fourth-order valence-electron chi connectivity index (χ4n) is 4.67. The van der Waals surface area contributed by atoms with Gasteiger partial charge in [-0.3, -0.25) is 9.69 Å². The van der Waals surface area contributed by atoms with Crippen molar-refractivity contribution in [1.82, 2.24) is 30.1 Å². The molecule has 0 aliphatic rings. The van der Waals surface area contributed by atoms with Crippen LogP contribution in [0.15, 0.2) is 70.1 Å².